The number of hydrogen-bond donors (Lipinski definition) is 4. The van der Waals surface area contributed by atoms with E-state index in [4.69, 9.17) is 10.8 Å². The predicted octanol–water partition coefficient (Wildman–Crippen LogP) is 0.688. The minimum atomic E-state index is -0.798. The minimum Gasteiger partial charge on any atom is -0.481 e. The van der Waals surface area contributed by atoms with Crippen LogP contribution in [0.5, 0.6) is 0 Å². The second kappa shape index (κ2) is 10.1. The SMILES string of the molecule is CC(C)C(CCNC(=O)NCCC(N)=O)CCC(=O)O. The lowest BCUT2D eigenvalue weighted by atomic mass is 9.88. The Hall–Kier alpha value is -1.79. The Kier molecular flexibility index (Phi) is 9.15. The molecular weight excluding hydrogens is 262 g/mol. The van der Waals surface area contributed by atoms with Crippen LogP contribution >= 0.6 is 0 Å². The van der Waals surface area contributed by atoms with Gasteiger partial charge in [0.1, 0.15) is 0 Å². The Morgan fingerprint density at radius 2 is 1.65 bits per heavy atom. The van der Waals surface area contributed by atoms with Crippen molar-refractivity contribution in [3.63, 3.8) is 0 Å². The van der Waals surface area contributed by atoms with Crippen LogP contribution in [0, 0.1) is 11.8 Å². The zero-order chi connectivity index (χ0) is 15.5. The van der Waals surface area contributed by atoms with E-state index in [-0.39, 0.29) is 31.3 Å². The Labute approximate surface area is 119 Å². The number of amides is 3. The maximum atomic E-state index is 11.4. The number of rotatable bonds is 10. The van der Waals surface area contributed by atoms with Crippen LogP contribution in [-0.2, 0) is 9.59 Å². The summed E-state index contributed by atoms with van der Waals surface area (Å²) in [5.41, 5.74) is 4.95. The summed E-state index contributed by atoms with van der Waals surface area (Å²) in [4.78, 5) is 32.4. The van der Waals surface area contributed by atoms with Crippen LogP contribution in [0.3, 0.4) is 0 Å². The number of carboxylic acid groups (broad SMARTS) is 1. The fourth-order valence-corrected chi connectivity index (χ4v) is 1.85. The van der Waals surface area contributed by atoms with Crippen LogP contribution in [0.1, 0.15) is 39.5 Å². The van der Waals surface area contributed by atoms with Crippen molar-refractivity contribution >= 4 is 17.9 Å². The van der Waals surface area contributed by atoms with Gasteiger partial charge < -0.3 is 21.5 Å². The van der Waals surface area contributed by atoms with Gasteiger partial charge in [0.25, 0.3) is 0 Å². The summed E-state index contributed by atoms with van der Waals surface area (Å²) >= 11 is 0. The lowest BCUT2D eigenvalue weighted by Gasteiger charge is -2.20. The number of nitrogens with two attached hydrogens (primary N) is 1. The first-order valence-electron chi connectivity index (χ1n) is 6.84. The number of carbonyl (C=O) groups is 3. The number of nitrogens with one attached hydrogen (secondary N) is 2. The van der Waals surface area contributed by atoms with E-state index in [1.807, 2.05) is 13.8 Å². The van der Waals surface area contributed by atoms with Gasteiger partial charge in [0.2, 0.25) is 5.91 Å². The van der Waals surface area contributed by atoms with E-state index < -0.39 is 11.9 Å². The highest BCUT2D eigenvalue weighted by Gasteiger charge is 2.15. The van der Waals surface area contributed by atoms with E-state index in [0.29, 0.717) is 18.9 Å². The standard InChI is InChI=1S/C13H25N3O4/c1-9(2)10(3-4-12(18)19)5-7-15-13(20)16-8-6-11(14)17/h9-10H,3-8H2,1-2H3,(H2,14,17)(H,18,19)(H2,15,16,20). The lowest BCUT2D eigenvalue weighted by Crippen LogP contribution is -2.38. The number of carbonyl (C=O) groups excluding carboxylic acids is 2. The Balaban J connectivity index is 3.84. The average Bonchev–Trinajstić information content (AvgIpc) is 2.32. The summed E-state index contributed by atoms with van der Waals surface area (Å²) in [7, 11) is 0. The van der Waals surface area contributed by atoms with Crippen molar-refractivity contribution in [2.24, 2.45) is 17.6 Å². The second-order valence-electron chi connectivity index (χ2n) is 5.12. The maximum absolute atomic E-state index is 11.4. The molecule has 0 fully saturated rings. The van der Waals surface area contributed by atoms with Crippen LogP contribution in [0.15, 0.2) is 0 Å². The quantitative estimate of drug-likeness (QED) is 0.472. The van der Waals surface area contributed by atoms with Crippen molar-refractivity contribution in [1.29, 1.82) is 0 Å². The molecule has 0 aromatic heterocycles. The molecule has 0 aromatic carbocycles. The van der Waals surface area contributed by atoms with E-state index >= 15 is 0 Å². The summed E-state index contributed by atoms with van der Waals surface area (Å²) in [6.45, 7) is 4.78. The summed E-state index contributed by atoms with van der Waals surface area (Å²) in [5, 5.41) is 13.9. The highest BCUT2D eigenvalue weighted by molar-refractivity contribution is 5.76. The number of aliphatic carboxylic acids is 1. The molecule has 5 N–H and O–H groups in total. The predicted molar refractivity (Wildman–Crippen MR) is 75.0 cm³/mol. The van der Waals surface area contributed by atoms with Crippen LogP contribution in [0.2, 0.25) is 0 Å². The summed E-state index contributed by atoms with van der Waals surface area (Å²) in [5.74, 6) is -0.627. The zero-order valence-electron chi connectivity index (χ0n) is 12.1. The van der Waals surface area contributed by atoms with Crippen molar-refractivity contribution in [2.45, 2.75) is 39.5 Å². The van der Waals surface area contributed by atoms with E-state index in [1.165, 1.54) is 0 Å². The molecule has 0 spiro atoms. The number of hydrogen-bond acceptors (Lipinski definition) is 3. The topological polar surface area (TPSA) is 122 Å². The highest BCUT2D eigenvalue weighted by Crippen LogP contribution is 2.20. The van der Waals surface area contributed by atoms with Gasteiger partial charge in [-0.25, -0.2) is 4.79 Å². The first-order chi connectivity index (χ1) is 9.32. The van der Waals surface area contributed by atoms with E-state index in [2.05, 4.69) is 10.6 Å². The van der Waals surface area contributed by atoms with Crippen LogP contribution in [-0.4, -0.2) is 36.1 Å². The van der Waals surface area contributed by atoms with Gasteiger partial charge >= 0.3 is 12.0 Å². The Morgan fingerprint density at radius 1 is 1.05 bits per heavy atom. The van der Waals surface area contributed by atoms with Crippen LogP contribution in [0.25, 0.3) is 0 Å². The van der Waals surface area contributed by atoms with E-state index in [1.54, 1.807) is 0 Å². The first-order valence-corrected chi connectivity index (χ1v) is 6.84. The third-order valence-corrected chi connectivity index (χ3v) is 3.13. The molecule has 1 atom stereocenters. The number of urea groups is 1. The minimum absolute atomic E-state index is 0.112. The highest BCUT2D eigenvalue weighted by atomic mass is 16.4. The van der Waals surface area contributed by atoms with Gasteiger partial charge in [-0.1, -0.05) is 13.8 Å². The molecule has 20 heavy (non-hydrogen) atoms. The van der Waals surface area contributed by atoms with Gasteiger partial charge in [-0.3, -0.25) is 9.59 Å². The zero-order valence-corrected chi connectivity index (χ0v) is 12.1. The molecule has 0 saturated heterocycles. The van der Waals surface area contributed by atoms with Gasteiger partial charge in [-0.2, -0.15) is 0 Å². The monoisotopic (exact) mass is 287 g/mol. The molecule has 7 nitrogen and oxygen atoms in total. The second-order valence-corrected chi connectivity index (χ2v) is 5.12. The van der Waals surface area contributed by atoms with E-state index in [9.17, 15) is 14.4 Å². The summed E-state index contributed by atoms with van der Waals surface area (Å²) in [6.07, 6.45) is 1.60. The molecule has 3 amide bonds. The lowest BCUT2D eigenvalue weighted by molar-refractivity contribution is -0.137. The molecular formula is C13H25N3O4. The van der Waals surface area contributed by atoms with Crippen molar-refractivity contribution in [3.8, 4) is 0 Å². The normalized spacial score (nSPS) is 11.9. The molecule has 0 aliphatic heterocycles. The Bertz CT molecular complexity index is 332. The average molecular weight is 287 g/mol. The molecule has 116 valence electrons. The maximum Gasteiger partial charge on any atom is 0.314 e. The Morgan fingerprint density at radius 3 is 2.15 bits per heavy atom. The molecule has 1 unspecified atom stereocenters. The van der Waals surface area contributed by atoms with Gasteiger partial charge in [0.05, 0.1) is 0 Å². The molecule has 0 rings (SSSR count). The molecule has 0 bridgehead atoms. The van der Waals surface area contributed by atoms with Gasteiger partial charge in [-0.15, -0.1) is 0 Å². The first kappa shape index (κ1) is 18.2. The molecule has 0 aromatic rings. The van der Waals surface area contributed by atoms with Gasteiger partial charge in [-0.05, 0) is 24.7 Å². The van der Waals surface area contributed by atoms with Crippen LogP contribution in [0.4, 0.5) is 4.79 Å². The molecule has 0 heterocycles. The van der Waals surface area contributed by atoms with Crippen molar-refractivity contribution in [1.82, 2.24) is 10.6 Å². The van der Waals surface area contributed by atoms with Crippen molar-refractivity contribution < 1.29 is 19.5 Å². The molecule has 0 aliphatic rings. The largest absolute Gasteiger partial charge is 0.481 e. The van der Waals surface area contributed by atoms with E-state index in [0.717, 1.165) is 6.42 Å². The fourth-order valence-electron chi connectivity index (χ4n) is 1.85. The van der Waals surface area contributed by atoms with Gasteiger partial charge in [0.15, 0.2) is 0 Å². The summed E-state index contributed by atoms with van der Waals surface area (Å²) < 4.78 is 0. The van der Waals surface area contributed by atoms with Crippen LogP contribution < -0.4 is 16.4 Å². The molecule has 0 radical (unpaired) electrons. The third kappa shape index (κ3) is 10.2. The molecule has 0 aliphatic carbocycles. The molecule has 7 heteroatoms. The number of carboxylic acids is 1. The molecule has 0 saturated carbocycles. The number of primary amides is 1. The van der Waals surface area contributed by atoms with Crippen molar-refractivity contribution in [3.05, 3.63) is 0 Å². The third-order valence-electron chi connectivity index (χ3n) is 3.13. The van der Waals surface area contributed by atoms with Crippen molar-refractivity contribution in [2.75, 3.05) is 13.1 Å². The summed E-state index contributed by atoms with van der Waals surface area (Å²) in [6, 6.07) is -0.341. The smallest absolute Gasteiger partial charge is 0.314 e. The fraction of sp³-hybridized carbons (Fsp3) is 0.769. The van der Waals surface area contributed by atoms with Gasteiger partial charge in [0, 0.05) is 25.9 Å².